The van der Waals surface area contributed by atoms with Gasteiger partial charge < -0.3 is 9.88 Å². The summed E-state index contributed by atoms with van der Waals surface area (Å²) in [6.07, 6.45) is 1.67. The fourth-order valence-electron chi connectivity index (χ4n) is 3.77. The first kappa shape index (κ1) is 21.4. The van der Waals surface area contributed by atoms with Gasteiger partial charge in [-0.1, -0.05) is 66.2 Å². The van der Waals surface area contributed by atoms with Crippen LogP contribution in [-0.4, -0.2) is 10.5 Å². The molecule has 1 N–H and O–H groups in total. The number of hydrogen-bond acceptors (Lipinski definition) is 2. The fourth-order valence-corrected chi connectivity index (χ4v) is 3.95. The highest BCUT2D eigenvalue weighted by Gasteiger charge is 2.16. The number of carbonyl (C=O) groups excluding carboxylic acids is 1. The van der Waals surface area contributed by atoms with Crippen molar-refractivity contribution in [2.75, 3.05) is 5.32 Å². The highest BCUT2D eigenvalue weighted by molar-refractivity contribution is 6.31. The van der Waals surface area contributed by atoms with Crippen LogP contribution in [0.2, 0.25) is 5.02 Å². The van der Waals surface area contributed by atoms with Gasteiger partial charge in [-0.3, -0.25) is 4.79 Å². The molecule has 0 radical (unpaired) electrons. The summed E-state index contributed by atoms with van der Waals surface area (Å²) in [5.74, 6) is -0.466. The minimum absolute atomic E-state index is 0.0346. The molecule has 5 heteroatoms. The summed E-state index contributed by atoms with van der Waals surface area (Å²) in [7, 11) is 0. The van der Waals surface area contributed by atoms with Gasteiger partial charge in [-0.15, -0.1) is 0 Å². The maximum Gasteiger partial charge on any atom is 0.266 e. The van der Waals surface area contributed by atoms with E-state index >= 15 is 0 Å². The van der Waals surface area contributed by atoms with Crippen LogP contribution < -0.4 is 5.32 Å². The summed E-state index contributed by atoms with van der Waals surface area (Å²) < 4.78 is 2.21. The predicted octanol–water partition coefficient (Wildman–Crippen LogP) is 6.51. The Bertz CT molecular complexity index is 1380. The van der Waals surface area contributed by atoms with Gasteiger partial charge in [0, 0.05) is 39.4 Å². The molecule has 32 heavy (non-hydrogen) atoms. The molecule has 4 aromatic rings. The number of rotatable bonds is 5. The summed E-state index contributed by atoms with van der Waals surface area (Å²) in [5.41, 5.74) is 5.61. The molecule has 0 aliphatic rings. The molecule has 0 saturated heterocycles. The fraction of sp³-hybridized carbons (Fsp3) is 0.111. The van der Waals surface area contributed by atoms with Crippen molar-refractivity contribution in [1.29, 1.82) is 5.26 Å². The zero-order valence-electron chi connectivity index (χ0n) is 17.9. The predicted molar refractivity (Wildman–Crippen MR) is 131 cm³/mol. The van der Waals surface area contributed by atoms with Crippen LogP contribution in [0.1, 0.15) is 22.4 Å². The smallest absolute Gasteiger partial charge is 0.266 e. The van der Waals surface area contributed by atoms with E-state index in [4.69, 9.17) is 11.6 Å². The molecule has 0 atom stereocenters. The number of aromatic nitrogens is 1. The Balaban J connectivity index is 1.73. The van der Waals surface area contributed by atoms with Crippen LogP contribution in [-0.2, 0) is 11.3 Å². The number of hydrogen-bond donors (Lipinski definition) is 1. The summed E-state index contributed by atoms with van der Waals surface area (Å²) >= 11 is 6.16. The lowest BCUT2D eigenvalue weighted by atomic mass is 10.1. The molecule has 0 unspecified atom stereocenters. The van der Waals surface area contributed by atoms with Gasteiger partial charge in [-0.05, 0) is 49.2 Å². The first-order valence-electron chi connectivity index (χ1n) is 10.3. The Hall–Kier alpha value is -3.81. The zero-order chi connectivity index (χ0) is 22.7. The number of nitrogens with zero attached hydrogens (tertiary/aromatic N) is 2. The monoisotopic (exact) mass is 439 g/mol. The van der Waals surface area contributed by atoms with Gasteiger partial charge in [0.2, 0.25) is 0 Å². The van der Waals surface area contributed by atoms with Crippen molar-refractivity contribution in [1.82, 2.24) is 4.57 Å². The topological polar surface area (TPSA) is 57.8 Å². The maximum absolute atomic E-state index is 12.8. The number of para-hydroxylation sites is 1. The highest BCUT2D eigenvalue weighted by Crippen LogP contribution is 2.29. The van der Waals surface area contributed by atoms with Gasteiger partial charge in [-0.25, -0.2) is 0 Å². The molecule has 0 aliphatic heterocycles. The minimum Gasteiger partial charge on any atom is -0.340 e. The van der Waals surface area contributed by atoms with Crippen molar-refractivity contribution in [2.24, 2.45) is 0 Å². The molecule has 0 fully saturated rings. The third-order valence-electron chi connectivity index (χ3n) is 5.55. The molecule has 4 nitrogen and oxygen atoms in total. The van der Waals surface area contributed by atoms with Gasteiger partial charge >= 0.3 is 0 Å². The number of benzene rings is 3. The molecule has 0 saturated carbocycles. The first-order chi connectivity index (χ1) is 15.5. The lowest BCUT2D eigenvalue weighted by molar-refractivity contribution is -0.112. The lowest BCUT2D eigenvalue weighted by Gasteiger charge is -2.09. The Kier molecular flexibility index (Phi) is 6.11. The van der Waals surface area contributed by atoms with Gasteiger partial charge in [0.05, 0.1) is 0 Å². The zero-order valence-corrected chi connectivity index (χ0v) is 18.6. The number of amides is 1. The molecule has 4 rings (SSSR count). The normalized spacial score (nSPS) is 11.4. The average Bonchev–Trinajstić information content (AvgIpc) is 3.06. The van der Waals surface area contributed by atoms with Crippen LogP contribution in [0.3, 0.4) is 0 Å². The molecule has 0 spiro atoms. The second-order valence-corrected chi connectivity index (χ2v) is 8.08. The van der Waals surface area contributed by atoms with Gasteiger partial charge in [-0.2, -0.15) is 5.26 Å². The van der Waals surface area contributed by atoms with E-state index in [1.165, 1.54) is 5.56 Å². The highest BCUT2D eigenvalue weighted by atomic mass is 35.5. The summed E-state index contributed by atoms with van der Waals surface area (Å²) in [5, 5.41) is 14.1. The van der Waals surface area contributed by atoms with Crippen LogP contribution in [0.15, 0.2) is 78.4 Å². The summed E-state index contributed by atoms with van der Waals surface area (Å²) in [6, 6.07) is 25.6. The molecule has 3 aromatic carbocycles. The van der Waals surface area contributed by atoms with Crippen molar-refractivity contribution in [3.05, 3.63) is 106 Å². The third-order valence-corrected chi connectivity index (χ3v) is 5.95. The van der Waals surface area contributed by atoms with Crippen molar-refractivity contribution >= 4 is 40.2 Å². The number of aryl methyl sites for hydroxylation is 1. The van der Waals surface area contributed by atoms with E-state index < -0.39 is 5.91 Å². The Morgan fingerprint density at radius 1 is 1.06 bits per heavy atom. The van der Waals surface area contributed by atoms with Crippen LogP contribution >= 0.6 is 11.6 Å². The van der Waals surface area contributed by atoms with Crippen molar-refractivity contribution in [2.45, 2.75) is 20.4 Å². The number of nitriles is 1. The van der Waals surface area contributed by atoms with Crippen LogP contribution in [0.25, 0.3) is 17.0 Å². The number of nitrogens with one attached hydrogen (secondary N) is 1. The number of carbonyl (C=O) groups is 1. The molecule has 158 valence electrons. The second-order valence-electron chi connectivity index (χ2n) is 7.68. The molecule has 1 heterocycles. The van der Waals surface area contributed by atoms with Gasteiger partial charge in [0.25, 0.3) is 5.91 Å². The Morgan fingerprint density at radius 3 is 2.50 bits per heavy atom. The average molecular weight is 440 g/mol. The summed E-state index contributed by atoms with van der Waals surface area (Å²) in [6.45, 7) is 4.61. The summed E-state index contributed by atoms with van der Waals surface area (Å²) in [4.78, 5) is 12.8. The number of anilines is 1. The Labute approximate surface area is 192 Å². The van der Waals surface area contributed by atoms with Crippen molar-refractivity contribution < 1.29 is 4.79 Å². The number of fused-ring (bicyclic) bond motifs is 1. The molecular formula is C27H22ClN3O. The van der Waals surface area contributed by atoms with E-state index in [9.17, 15) is 10.1 Å². The standard InChI is InChI=1S/C27H22ClN3O/c1-18-12-13-22(15-25(18)28)30-27(32)21(16-29)14-24-19(2)31(17-20-8-4-3-5-9-20)26-11-7-6-10-23(24)26/h3-15H,17H2,1-2H3,(H,30,32)/b21-14-. The third kappa shape index (κ3) is 4.30. The van der Waals surface area contributed by atoms with E-state index in [0.29, 0.717) is 17.3 Å². The molecular weight excluding hydrogens is 418 g/mol. The van der Waals surface area contributed by atoms with E-state index in [2.05, 4.69) is 34.2 Å². The Morgan fingerprint density at radius 2 is 1.78 bits per heavy atom. The lowest BCUT2D eigenvalue weighted by Crippen LogP contribution is -2.13. The van der Waals surface area contributed by atoms with Crippen molar-refractivity contribution in [3.8, 4) is 6.07 Å². The molecule has 0 aliphatic carbocycles. The minimum atomic E-state index is -0.466. The van der Waals surface area contributed by atoms with Crippen LogP contribution in [0.4, 0.5) is 5.69 Å². The molecule has 1 amide bonds. The maximum atomic E-state index is 12.8. The largest absolute Gasteiger partial charge is 0.340 e. The second kappa shape index (κ2) is 9.13. The van der Waals surface area contributed by atoms with Crippen LogP contribution in [0.5, 0.6) is 0 Å². The van der Waals surface area contributed by atoms with E-state index in [0.717, 1.165) is 27.7 Å². The van der Waals surface area contributed by atoms with E-state index in [1.54, 1.807) is 18.2 Å². The quantitative estimate of drug-likeness (QED) is 0.285. The van der Waals surface area contributed by atoms with Crippen LogP contribution in [0, 0.1) is 25.2 Å². The molecule has 0 bridgehead atoms. The van der Waals surface area contributed by atoms with Gasteiger partial charge in [0.15, 0.2) is 0 Å². The van der Waals surface area contributed by atoms with Crippen molar-refractivity contribution in [3.63, 3.8) is 0 Å². The van der Waals surface area contributed by atoms with E-state index in [1.807, 2.05) is 56.3 Å². The van der Waals surface area contributed by atoms with Gasteiger partial charge in [0.1, 0.15) is 11.6 Å². The first-order valence-corrected chi connectivity index (χ1v) is 10.7. The molecule has 1 aromatic heterocycles. The van der Waals surface area contributed by atoms with E-state index in [-0.39, 0.29) is 5.57 Å². The SMILES string of the molecule is Cc1ccc(NC(=O)/C(C#N)=C\c2c(C)n(Cc3ccccc3)c3ccccc23)cc1Cl. The number of halogens is 1.